The summed E-state index contributed by atoms with van der Waals surface area (Å²) in [5.41, 5.74) is 7.16. The number of hydrogen-bond acceptors (Lipinski definition) is 3. The topological polar surface area (TPSA) is 58.6 Å². The molecule has 172 valence electrons. The second kappa shape index (κ2) is 10.5. The number of rotatable bonds is 9. The summed E-state index contributed by atoms with van der Waals surface area (Å²) >= 11 is 0. The average Bonchev–Trinajstić information content (AvgIpc) is 2.83. The highest BCUT2D eigenvalue weighted by atomic mass is 16.5. The van der Waals surface area contributed by atoms with Crippen LogP contribution in [0.15, 0.2) is 60.7 Å². The van der Waals surface area contributed by atoms with Crippen molar-refractivity contribution in [1.29, 1.82) is 0 Å². The van der Waals surface area contributed by atoms with Crippen LogP contribution in [0.25, 0.3) is 23.3 Å². The van der Waals surface area contributed by atoms with Crippen molar-refractivity contribution < 1.29 is 14.6 Å². The van der Waals surface area contributed by atoms with Crippen LogP contribution in [0.4, 0.5) is 0 Å². The van der Waals surface area contributed by atoms with Gasteiger partial charge in [-0.1, -0.05) is 67.6 Å². The molecule has 0 bridgehead atoms. The molecule has 0 spiro atoms. The maximum atomic E-state index is 11.6. The van der Waals surface area contributed by atoms with Gasteiger partial charge in [-0.3, -0.25) is 10.1 Å². The van der Waals surface area contributed by atoms with E-state index in [0.717, 1.165) is 28.0 Å². The number of methoxy groups -OCH3 is 1. The average molecular weight is 444 g/mol. The summed E-state index contributed by atoms with van der Waals surface area (Å²) in [5, 5.41) is 12.7. The third-order valence-electron chi connectivity index (χ3n) is 6.42. The normalized spacial score (nSPS) is 13.1. The molecule has 0 aliphatic rings. The fourth-order valence-corrected chi connectivity index (χ4v) is 3.73. The van der Waals surface area contributed by atoms with Crippen LogP contribution in [0.2, 0.25) is 0 Å². The highest BCUT2D eigenvalue weighted by Gasteiger charge is 2.30. The van der Waals surface area contributed by atoms with Gasteiger partial charge < -0.3 is 9.84 Å². The van der Waals surface area contributed by atoms with Crippen molar-refractivity contribution in [3.63, 3.8) is 0 Å². The van der Waals surface area contributed by atoms with E-state index >= 15 is 0 Å². The number of aliphatic carboxylic acids is 1. The molecule has 1 atom stereocenters. The lowest BCUT2D eigenvalue weighted by molar-refractivity contribution is -0.144. The lowest BCUT2D eigenvalue weighted by Crippen LogP contribution is -2.48. The van der Waals surface area contributed by atoms with Crippen LogP contribution in [0.3, 0.4) is 0 Å². The van der Waals surface area contributed by atoms with Gasteiger partial charge in [0, 0.05) is 6.54 Å². The molecule has 0 saturated heterocycles. The molecule has 4 heteroatoms. The SMILES string of the molecule is CCC(C)(NCc1ccc(C)c(/C=C/c2cccc(-c3ccc(OC)cc3)c2C)c1)C(=O)O. The van der Waals surface area contributed by atoms with Gasteiger partial charge in [-0.25, -0.2) is 0 Å². The number of carbonyl (C=O) groups is 1. The van der Waals surface area contributed by atoms with Gasteiger partial charge in [0.2, 0.25) is 0 Å². The highest BCUT2D eigenvalue weighted by Crippen LogP contribution is 2.28. The largest absolute Gasteiger partial charge is 0.497 e. The second-order valence-electron chi connectivity index (χ2n) is 8.62. The first kappa shape index (κ1) is 24.3. The molecule has 0 saturated carbocycles. The van der Waals surface area contributed by atoms with E-state index in [2.05, 4.69) is 73.8 Å². The molecule has 0 radical (unpaired) electrons. The predicted octanol–water partition coefficient (Wildman–Crippen LogP) is 6.49. The Morgan fingerprint density at radius 1 is 1.03 bits per heavy atom. The summed E-state index contributed by atoms with van der Waals surface area (Å²) < 4.78 is 5.28. The van der Waals surface area contributed by atoms with Crippen molar-refractivity contribution >= 4 is 18.1 Å². The van der Waals surface area contributed by atoms with Gasteiger partial charge >= 0.3 is 5.97 Å². The number of hydrogen-bond donors (Lipinski definition) is 2. The maximum Gasteiger partial charge on any atom is 0.323 e. The van der Waals surface area contributed by atoms with Gasteiger partial charge in [-0.05, 0) is 78.3 Å². The molecule has 0 fully saturated rings. The van der Waals surface area contributed by atoms with Gasteiger partial charge in [0.1, 0.15) is 11.3 Å². The molecule has 1 unspecified atom stereocenters. The predicted molar refractivity (Wildman–Crippen MR) is 136 cm³/mol. The van der Waals surface area contributed by atoms with Crippen LogP contribution >= 0.6 is 0 Å². The van der Waals surface area contributed by atoms with E-state index in [9.17, 15) is 9.90 Å². The summed E-state index contributed by atoms with van der Waals surface area (Å²) in [6.45, 7) is 8.34. The maximum absolute atomic E-state index is 11.6. The molecular formula is C29H33NO3. The first-order valence-corrected chi connectivity index (χ1v) is 11.3. The van der Waals surface area contributed by atoms with E-state index in [1.165, 1.54) is 16.7 Å². The van der Waals surface area contributed by atoms with Gasteiger partial charge in [-0.15, -0.1) is 0 Å². The van der Waals surface area contributed by atoms with Crippen LogP contribution in [0.5, 0.6) is 5.75 Å². The number of carboxylic acids is 1. The first-order chi connectivity index (χ1) is 15.8. The molecule has 3 aromatic carbocycles. The van der Waals surface area contributed by atoms with Gasteiger partial charge in [0.25, 0.3) is 0 Å². The zero-order chi connectivity index (χ0) is 24.0. The van der Waals surface area contributed by atoms with Crippen LogP contribution in [-0.2, 0) is 11.3 Å². The fourth-order valence-electron chi connectivity index (χ4n) is 3.73. The molecule has 2 N–H and O–H groups in total. The minimum atomic E-state index is -0.931. The number of ether oxygens (including phenoxy) is 1. The Morgan fingerprint density at radius 3 is 2.36 bits per heavy atom. The summed E-state index contributed by atoms with van der Waals surface area (Å²) in [6.07, 6.45) is 4.80. The molecule has 0 heterocycles. The van der Waals surface area contributed by atoms with Crippen LogP contribution in [-0.4, -0.2) is 23.7 Å². The highest BCUT2D eigenvalue weighted by molar-refractivity contribution is 5.79. The van der Waals surface area contributed by atoms with E-state index in [1.54, 1.807) is 14.0 Å². The van der Waals surface area contributed by atoms with Crippen molar-refractivity contribution in [1.82, 2.24) is 5.32 Å². The molecule has 0 amide bonds. The lowest BCUT2D eigenvalue weighted by Gasteiger charge is -2.24. The zero-order valence-corrected chi connectivity index (χ0v) is 20.1. The van der Waals surface area contributed by atoms with Crippen molar-refractivity contribution in [2.24, 2.45) is 0 Å². The summed E-state index contributed by atoms with van der Waals surface area (Å²) in [4.78, 5) is 11.6. The van der Waals surface area contributed by atoms with Crippen LogP contribution in [0.1, 0.15) is 48.1 Å². The standard InChI is InChI=1S/C29H33NO3/c1-6-29(4,28(31)32)30-19-22-11-10-20(2)25(18-22)13-12-23-8-7-9-27(21(23)3)24-14-16-26(33-5)17-15-24/h7-18,30H,6,19H2,1-5H3,(H,31,32)/b13-12+. The Labute approximate surface area is 196 Å². The number of carboxylic acid groups (broad SMARTS) is 1. The molecule has 33 heavy (non-hydrogen) atoms. The Balaban J connectivity index is 1.83. The molecule has 0 aromatic heterocycles. The fraction of sp³-hybridized carbons (Fsp3) is 0.276. The molecule has 0 aliphatic heterocycles. The summed E-state index contributed by atoms with van der Waals surface area (Å²) in [5.74, 6) is 0.0179. The lowest BCUT2D eigenvalue weighted by atomic mass is 9.95. The van der Waals surface area contributed by atoms with E-state index in [4.69, 9.17) is 4.74 Å². The second-order valence-corrected chi connectivity index (χ2v) is 8.62. The van der Waals surface area contributed by atoms with Gasteiger partial charge in [0.15, 0.2) is 0 Å². The number of benzene rings is 3. The Morgan fingerprint density at radius 2 is 1.73 bits per heavy atom. The zero-order valence-electron chi connectivity index (χ0n) is 20.1. The van der Waals surface area contributed by atoms with Gasteiger partial charge in [0.05, 0.1) is 7.11 Å². The molecular weight excluding hydrogens is 410 g/mol. The minimum absolute atomic E-state index is 0.504. The molecule has 3 rings (SSSR count). The van der Waals surface area contributed by atoms with E-state index < -0.39 is 11.5 Å². The van der Waals surface area contributed by atoms with E-state index in [-0.39, 0.29) is 0 Å². The smallest absolute Gasteiger partial charge is 0.323 e. The minimum Gasteiger partial charge on any atom is -0.497 e. The third kappa shape index (κ3) is 5.71. The van der Waals surface area contributed by atoms with E-state index in [0.29, 0.717) is 13.0 Å². The number of aryl methyl sites for hydroxylation is 1. The van der Waals surface area contributed by atoms with Crippen molar-refractivity contribution in [2.45, 2.75) is 46.2 Å². The molecule has 0 aliphatic carbocycles. The van der Waals surface area contributed by atoms with Crippen LogP contribution < -0.4 is 10.1 Å². The van der Waals surface area contributed by atoms with E-state index in [1.807, 2.05) is 25.1 Å². The van der Waals surface area contributed by atoms with Crippen LogP contribution in [0, 0.1) is 13.8 Å². The van der Waals surface area contributed by atoms with Crippen molar-refractivity contribution in [3.8, 4) is 16.9 Å². The quantitative estimate of drug-likeness (QED) is 0.371. The Hall–Kier alpha value is -3.37. The molecule has 4 nitrogen and oxygen atoms in total. The third-order valence-corrected chi connectivity index (χ3v) is 6.42. The Bertz CT molecular complexity index is 1150. The summed E-state index contributed by atoms with van der Waals surface area (Å²) in [6, 6.07) is 20.7. The molecule has 3 aromatic rings. The van der Waals surface area contributed by atoms with Gasteiger partial charge in [-0.2, -0.15) is 0 Å². The number of nitrogens with one attached hydrogen (secondary N) is 1. The van der Waals surface area contributed by atoms with Crippen molar-refractivity contribution in [2.75, 3.05) is 7.11 Å². The van der Waals surface area contributed by atoms with Crippen molar-refractivity contribution in [3.05, 3.63) is 88.5 Å². The Kier molecular flexibility index (Phi) is 7.72. The summed E-state index contributed by atoms with van der Waals surface area (Å²) in [7, 11) is 1.67. The monoisotopic (exact) mass is 443 g/mol. The first-order valence-electron chi connectivity index (χ1n) is 11.3.